The molecule has 2 rings (SSSR count). The SMILES string of the molecule is COC(=O)c1ccc(C(F)(F)F)c2cccnc12. The summed E-state index contributed by atoms with van der Waals surface area (Å²) in [4.78, 5) is 15.3. The molecule has 0 N–H and O–H groups in total. The van der Waals surface area contributed by atoms with Gasteiger partial charge in [0.2, 0.25) is 0 Å². The molecule has 0 spiro atoms. The maximum absolute atomic E-state index is 12.8. The van der Waals surface area contributed by atoms with Crippen LogP contribution in [0.2, 0.25) is 0 Å². The van der Waals surface area contributed by atoms with Gasteiger partial charge in [0.25, 0.3) is 0 Å². The number of nitrogens with zero attached hydrogens (tertiary/aromatic N) is 1. The van der Waals surface area contributed by atoms with Gasteiger partial charge in [-0.25, -0.2) is 4.79 Å². The van der Waals surface area contributed by atoms with Crippen LogP contribution < -0.4 is 0 Å². The van der Waals surface area contributed by atoms with Gasteiger partial charge in [0.05, 0.1) is 23.8 Å². The normalized spacial score (nSPS) is 11.6. The van der Waals surface area contributed by atoms with E-state index in [9.17, 15) is 18.0 Å². The predicted molar refractivity (Wildman–Crippen MR) is 58.1 cm³/mol. The van der Waals surface area contributed by atoms with E-state index >= 15 is 0 Å². The van der Waals surface area contributed by atoms with Crippen LogP contribution in [0.4, 0.5) is 13.2 Å². The van der Waals surface area contributed by atoms with E-state index in [1.54, 1.807) is 0 Å². The first-order chi connectivity index (χ1) is 8.45. The summed E-state index contributed by atoms with van der Waals surface area (Å²) in [5.41, 5.74) is -0.821. The van der Waals surface area contributed by atoms with Crippen LogP contribution in [0.15, 0.2) is 30.5 Å². The van der Waals surface area contributed by atoms with E-state index in [0.717, 1.165) is 19.2 Å². The van der Waals surface area contributed by atoms with Crippen molar-refractivity contribution < 1.29 is 22.7 Å². The van der Waals surface area contributed by atoms with E-state index in [0.29, 0.717) is 0 Å². The number of rotatable bonds is 1. The number of fused-ring (bicyclic) bond motifs is 1. The highest BCUT2D eigenvalue weighted by atomic mass is 19.4. The van der Waals surface area contributed by atoms with Crippen molar-refractivity contribution >= 4 is 16.9 Å². The second kappa shape index (κ2) is 4.29. The molecule has 1 aromatic carbocycles. The Hall–Kier alpha value is -2.11. The summed E-state index contributed by atoms with van der Waals surface area (Å²) in [7, 11) is 1.16. The molecule has 3 nitrogen and oxygen atoms in total. The zero-order chi connectivity index (χ0) is 13.3. The van der Waals surface area contributed by atoms with Crippen LogP contribution in [0.25, 0.3) is 10.9 Å². The molecule has 0 atom stereocenters. The van der Waals surface area contributed by atoms with Crippen LogP contribution in [0.1, 0.15) is 15.9 Å². The predicted octanol–water partition coefficient (Wildman–Crippen LogP) is 3.04. The number of benzene rings is 1. The lowest BCUT2D eigenvalue weighted by Crippen LogP contribution is -2.09. The van der Waals surface area contributed by atoms with Gasteiger partial charge in [0.15, 0.2) is 0 Å². The van der Waals surface area contributed by atoms with Gasteiger partial charge in [-0.15, -0.1) is 0 Å². The minimum atomic E-state index is -4.49. The second-order valence-corrected chi connectivity index (χ2v) is 3.55. The van der Waals surface area contributed by atoms with E-state index in [4.69, 9.17) is 0 Å². The van der Waals surface area contributed by atoms with E-state index in [2.05, 4.69) is 9.72 Å². The van der Waals surface area contributed by atoms with Crippen molar-refractivity contribution in [3.05, 3.63) is 41.6 Å². The van der Waals surface area contributed by atoms with Gasteiger partial charge >= 0.3 is 12.1 Å². The van der Waals surface area contributed by atoms with Crippen molar-refractivity contribution in [1.29, 1.82) is 0 Å². The number of carbonyl (C=O) groups excluding carboxylic acids is 1. The van der Waals surface area contributed by atoms with E-state index < -0.39 is 17.7 Å². The number of alkyl halides is 3. The number of esters is 1. The zero-order valence-electron chi connectivity index (χ0n) is 9.28. The molecule has 0 amide bonds. The topological polar surface area (TPSA) is 39.2 Å². The van der Waals surface area contributed by atoms with E-state index in [1.807, 2.05) is 0 Å². The highest BCUT2D eigenvalue weighted by Gasteiger charge is 2.33. The van der Waals surface area contributed by atoms with Crippen molar-refractivity contribution in [3.8, 4) is 0 Å². The standard InChI is InChI=1S/C12H8F3NO2/c1-18-11(17)8-4-5-9(12(13,14)15)7-3-2-6-16-10(7)8/h2-6H,1H3. The highest BCUT2D eigenvalue weighted by molar-refractivity contribution is 6.03. The Balaban J connectivity index is 2.78. The van der Waals surface area contributed by atoms with Crippen molar-refractivity contribution in [1.82, 2.24) is 4.98 Å². The first-order valence-electron chi connectivity index (χ1n) is 4.98. The van der Waals surface area contributed by atoms with Crippen LogP contribution >= 0.6 is 0 Å². The summed E-state index contributed by atoms with van der Waals surface area (Å²) in [5, 5.41) is -0.118. The molecular formula is C12H8F3NO2. The van der Waals surface area contributed by atoms with Gasteiger partial charge < -0.3 is 4.74 Å². The van der Waals surface area contributed by atoms with E-state index in [-0.39, 0.29) is 16.5 Å². The number of ether oxygens (including phenoxy) is 1. The van der Waals surface area contributed by atoms with Crippen LogP contribution in [0.3, 0.4) is 0 Å². The molecule has 6 heteroatoms. The number of halogens is 3. The lowest BCUT2D eigenvalue weighted by Gasteiger charge is -2.11. The van der Waals surface area contributed by atoms with Gasteiger partial charge in [-0.3, -0.25) is 4.98 Å². The number of aromatic nitrogens is 1. The van der Waals surface area contributed by atoms with Crippen molar-refractivity contribution in [2.24, 2.45) is 0 Å². The van der Waals surface area contributed by atoms with Crippen molar-refractivity contribution in [2.45, 2.75) is 6.18 Å². The lowest BCUT2D eigenvalue weighted by molar-refractivity contribution is -0.136. The van der Waals surface area contributed by atoms with Crippen LogP contribution in [-0.4, -0.2) is 18.1 Å². The number of hydrogen-bond donors (Lipinski definition) is 0. The van der Waals surface area contributed by atoms with Crippen LogP contribution in [0, 0.1) is 0 Å². The molecule has 1 aromatic heterocycles. The fraction of sp³-hybridized carbons (Fsp3) is 0.167. The fourth-order valence-electron chi connectivity index (χ4n) is 1.69. The highest BCUT2D eigenvalue weighted by Crippen LogP contribution is 2.35. The van der Waals surface area contributed by atoms with Gasteiger partial charge in [-0.1, -0.05) is 6.07 Å². The Kier molecular flexibility index (Phi) is 2.94. The third kappa shape index (κ3) is 2.01. The Morgan fingerprint density at radius 1 is 1.28 bits per heavy atom. The molecule has 0 saturated carbocycles. The average Bonchev–Trinajstić information content (AvgIpc) is 2.35. The molecule has 0 unspecified atom stereocenters. The Morgan fingerprint density at radius 3 is 2.61 bits per heavy atom. The molecule has 1 heterocycles. The fourth-order valence-corrected chi connectivity index (χ4v) is 1.69. The number of methoxy groups -OCH3 is 1. The molecule has 2 aromatic rings. The summed E-state index contributed by atoms with van der Waals surface area (Å²) in [6.07, 6.45) is -3.16. The van der Waals surface area contributed by atoms with Crippen molar-refractivity contribution in [2.75, 3.05) is 7.11 Å². The summed E-state index contributed by atoms with van der Waals surface area (Å²) in [6.45, 7) is 0. The average molecular weight is 255 g/mol. The number of carbonyl (C=O) groups is 1. The second-order valence-electron chi connectivity index (χ2n) is 3.55. The minimum Gasteiger partial charge on any atom is -0.465 e. The maximum atomic E-state index is 12.8. The van der Waals surface area contributed by atoms with Gasteiger partial charge in [-0.05, 0) is 18.2 Å². The Labute approximate surface area is 100 Å². The molecule has 0 fully saturated rings. The molecule has 0 aliphatic carbocycles. The number of pyridine rings is 1. The quantitative estimate of drug-likeness (QED) is 0.735. The Bertz CT molecular complexity index is 608. The summed E-state index contributed by atoms with van der Waals surface area (Å²) < 4.78 is 42.9. The molecule has 94 valence electrons. The first kappa shape index (κ1) is 12.3. The first-order valence-corrected chi connectivity index (χ1v) is 4.98. The minimum absolute atomic E-state index is 0.0147. The van der Waals surface area contributed by atoms with Crippen molar-refractivity contribution in [3.63, 3.8) is 0 Å². The van der Waals surface area contributed by atoms with E-state index in [1.165, 1.54) is 18.3 Å². The molecule has 18 heavy (non-hydrogen) atoms. The maximum Gasteiger partial charge on any atom is 0.417 e. The third-order valence-electron chi connectivity index (χ3n) is 2.48. The smallest absolute Gasteiger partial charge is 0.417 e. The third-order valence-corrected chi connectivity index (χ3v) is 2.48. The monoisotopic (exact) mass is 255 g/mol. The van der Waals surface area contributed by atoms with Gasteiger partial charge in [0.1, 0.15) is 0 Å². The van der Waals surface area contributed by atoms with Crippen LogP contribution in [0.5, 0.6) is 0 Å². The van der Waals surface area contributed by atoms with Gasteiger partial charge in [0, 0.05) is 11.6 Å². The number of hydrogen-bond acceptors (Lipinski definition) is 3. The molecular weight excluding hydrogens is 247 g/mol. The summed E-state index contributed by atoms with van der Waals surface area (Å²) in [6, 6.07) is 4.59. The molecule has 0 aliphatic rings. The molecule has 0 aliphatic heterocycles. The van der Waals surface area contributed by atoms with Gasteiger partial charge in [-0.2, -0.15) is 13.2 Å². The zero-order valence-corrected chi connectivity index (χ0v) is 9.28. The molecule has 0 bridgehead atoms. The molecule has 0 radical (unpaired) electrons. The van der Waals surface area contributed by atoms with Crippen LogP contribution in [-0.2, 0) is 10.9 Å². The Morgan fingerprint density at radius 2 is 2.00 bits per heavy atom. The summed E-state index contributed by atoms with van der Waals surface area (Å²) >= 11 is 0. The molecule has 0 saturated heterocycles. The largest absolute Gasteiger partial charge is 0.465 e. The lowest BCUT2D eigenvalue weighted by atomic mass is 10.0. The summed E-state index contributed by atoms with van der Waals surface area (Å²) in [5.74, 6) is -0.715.